The number of pyridine rings is 1. The highest BCUT2D eigenvalue weighted by Gasteiger charge is 2.26. The summed E-state index contributed by atoms with van der Waals surface area (Å²) >= 11 is 1.42. The number of rotatable bonds is 3. The van der Waals surface area contributed by atoms with Crippen LogP contribution in [0.3, 0.4) is 0 Å². The summed E-state index contributed by atoms with van der Waals surface area (Å²) in [6.07, 6.45) is 2.09. The first-order chi connectivity index (χ1) is 10.1. The van der Waals surface area contributed by atoms with Crippen molar-refractivity contribution in [2.24, 2.45) is 0 Å². The van der Waals surface area contributed by atoms with Gasteiger partial charge in [-0.25, -0.2) is 0 Å². The van der Waals surface area contributed by atoms with E-state index in [0.29, 0.717) is 18.8 Å². The number of ether oxygens (including phenoxy) is 1. The van der Waals surface area contributed by atoms with Gasteiger partial charge in [0.2, 0.25) is 5.91 Å². The molecule has 0 spiro atoms. The highest BCUT2D eigenvalue weighted by Crippen LogP contribution is 2.18. The van der Waals surface area contributed by atoms with E-state index in [4.69, 9.17) is 4.74 Å². The molecule has 2 aromatic rings. The number of fused-ring (bicyclic) bond motifs is 1. The van der Waals surface area contributed by atoms with Crippen molar-refractivity contribution in [1.29, 1.82) is 0 Å². The molecule has 0 aliphatic carbocycles. The predicted molar refractivity (Wildman–Crippen MR) is 80.3 cm³/mol. The number of morpholine rings is 1. The van der Waals surface area contributed by atoms with Gasteiger partial charge in [-0.2, -0.15) is 0 Å². The second-order valence-electron chi connectivity index (χ2n) is 5.26. The third-order valence-corrected chi connectivity index (χ3v) is 4.31. The Morgan fingerprint density at radius 1 is 1.33 bits per heavy atom. The highest BCUT2D eigenvalue weighted by molar-refractivity contribution is 7.99. The maximum absolute atomic E-state index is 12.3. The normalized spacial score (nSPS) is 22.7. The van der Waals surface area contributed by atoms with Gasteiger partial charge in [-0.1, -0.05) is 17.8 Å². The number of thioether (sulfide) groups is 1. The van der Waals surface area contributed by atoms with Crippen LogP contribution in [0.25, 0.3) is 5.65 Å². The first kappa shape index (κ1) is 14.3. The lowest BCUT2D eigenvalue weighted by Gasteiger charge is -2.35. The number of hydrogen-bond acceptors (Lipinski definition) is 5. The molecule has 3 rings (SSSR count). The Morgan fingerprint density at radius 2 is 2.10 bits per heavy atom. The van der Waals surface area contributed by atoms with Crippen molar-refractivity contribution in [1.82, 2.24) is 19.5 Å². The van der Waals surface area contributed by atoms with E-state index in [1.54, 1.807) is 0 Å². The largest absolute Gasteiger partial charge is 0.372 e. The minimum Gasteiger partial charge on any atom is -0.372 e. The van der Waals surface area contributed by atoms with Crippen LogP contribution in [-0.4, -0.2) is 56.5 Å². The van der Waals surface area contributed by atoms with Crippen LogP contribution in [-0.2, 0) is 9.53 Å². The number of nitrogens with zero attached hydrogens (tertiary/aromatic N) is 4. The Bertz CT molecular complexity index is 635. The van der Waals surface area contributed by atoms with Gasteiger partial charge in [-0.05, 0) is 26.0 Å². The van der Waals surface area contributed by atoms with Gasteiger partial charge in [-0.3, -0.25) is 9.20 Å². The molecule has 1 amide bonds. The first-order valence-corrected chi connectivity index (χ1v) is 7.98. The zero-order chi connectivity index (χ0) is 14.8. The van der Waals surface area contributed by atoms with E-state index < -0.39 is 0 Å². The van der Waals surface area contributed by atoms with Crippen molar-refractivity contribution in [2.45, 2.75) is 31.2 Å². The minimum atomic E-state index is 0.0941. The van der Waals surface area contributed by atoms with Crippen LogP contribution in [0.4, 0.5) is 0 Å². The zero-order valence-electron chi connectivity index (χ0n) is 12.1. The number of aromatic nitrogens is 3. The average molecular weight is 306 g/mol. The van der Waals surface area contributed by atoms with E-state index in [1.165, 1.54) is 11.8 Å². The van der Waals surface area contributed by atoms with Crippen molar-refractivity contribution >= 4 is 23.3 Å². The van der Waals surface area contributed by atoms with Gasteiger partial charge in [0.1, 0.15) is 0 Å². The number of carbonyl (C=O) groups excluding carboxylic acids is 1. The summed E-state index contributed by atoms with van der Waals surface area (Å²) < 4.78 is 7.54. The Balaban J connectivity index is 1.63. The molecule has 0 saturated carbocycles. The Labute approximate surface area is 127 Å². The van der Waals surface area contributed by atoms with E-state index in [2.05, 4.69) is 10.2 Å². The fourth-order valence-corrected chi connectivity index (χ4v) is 3.34. The van der Waals surface area contributed by atoms with Crippen molar-refractivity contribution in [3.05, 3.63) is 24.4 Å². The van der Waals surface area contributed by atoms with E-state index in [0.717, 1.165) is 10.8 Å². The first-order valence-electron chi connectivity index (χ1n) is 6.99. The third kappa shape index (κ3) is 3.19. The van der Waals surface area contributed by atoms with Crippen molar-refractivity contribution in [2.75, 3.05) is 18.8 Å². The van der Waals surface area contributed by atoms with Gasteiger partial charge in [-0.15, -0.1) is 10.2 Å². The van der Waals surface area contributed by atoms with Gasteiger partial charge in [0.05, 0.1) is 18.0 Å². The van der Waals surface area contributed by atoms with E-state index in [1.807, 2.05) is 47.5 Å². The molecule has 0 radical (unpaired) electrons. The molecule has 3 heterocycles. The standard InChI is InChI=1S/C14H18N4O2S/c1-10-7-17(8-11(2)20-10)13(19)9-21-14-16-15-12-5-3-4-6-18(12)14/h3-6,10-11H,7-9H2,1-2H3. The maximum Gasteiger partial charge on any atom is 0.233 e. The molecule has 1 aliphatic rings. The molecule has 112 valence electrons. The molecule has 7 heteroatoms. The maximum atomic E-state index is 12.3. The molecule has 0 N–H and O–H groups in total. The summed E-state index contributed by atoms with van der Waals surface area (Å²) in [5, 5.41) is 8.95. The van der Waals surface area contributed by atoms with Crippen LogP contribution in [0.1, 0.15) is 13.8 Å². The van der Waals surface area contributed by atoms with Crippen molar-refractivity contribution in [3.8, 4) is 0 Å². The van der Waals surface area contributed by atoms with Crippen LogP contribution < -0.4 is 0 Å². The Morgan fingerprint density at radius 3 is 2.86 bits per heavy atom. The lowest BCUT2D eigenvalue weighted by Crippen LogP contribution is -2.48. The van der Waals surface area contributed by atoms with Gasteiger partial charge < -0.3 is 9.64 Å². The summed E-state index contributed by atoms with van der Waals surface area (Å²) in [4.78, 5) is 14.2. The third-order valence-electron chi connectivity index (χ3n) is 3.38. The molecular weight excluding hydrogens is 288 g/mol. The minimum absolute atomic E-state index is 0.0941. The average Bonchev–Trinajstić information content (AvgIpc) is 2.87. The molecule has 0 bridgehead atoms. The molecule has 1 fully saturated rings. The van der Waals surface area contributed by atoms with Gasteiger partial charge in [0, 0.05) is 19.3 Å². The van der Waals surface area contributed by atoms with Crippen molar-refractivity contribution < 1.29 is 9.53 Å². The molecular formula is C14H18N4O2S. The van der Waals surface area contributed by atoms with Crippen LogP contribution in [0.5, 0.6) is 0 Å². The molecule has 1 aliphatic heterocycles. The van der Waals surface area contributed by atoms with Crippen LogP contribution in [0.15, 0.2) is 29.6 Å². The smallest absolute Gasteiger partial charge is 0.233 e. The van der Waals surface area contributed by atoms with E-state index in [9.17, 15) is 4.79 Å². The predicted octanol–water partition coefficient (Wildman–Crippen LogP) is 1.46. The number of amides is 1. The highest BCUT2D eigenvalue weighted by atomic mass is 32.2. The molecule has 21 heavy (non-hydrogen) atoms. The van der Waals surface area contributed by atoms with E-state index >= 15 is 0 Å². The molecule has 6 nitrogen and oxygen atoms in total. The molecule has 2 atom stereocenters. The summed E-state index contributed by atoms with van der Waals surface area (Å²) in [6.45, 7) is 5.30. The SMILES string of the molecule is CC1CN(C(=O)CSc2nnc3ccccn23)CC(C)O1. The monoisotopic (exact) mass is 306 g/mol. The van der Waals surface area contributed by atoms with Gasteiger partial charge in [0.15, 0.2) is 10.8 Å². The van der Waals surface area contributed by atoms with Gasteiger partial charge in [0.25, 0.3) is 0 Å². The summed E-state index contributed by atoms with van der Waals surface area (Å²) in [7, 11) is 0. The molecule has 0 aromatic carbocycles. The number of hydrogen-bond donors (Lipinski definition) is 0. The van der Waals surface area contributed by atoms with E-state index in [-0.39, 0.29) is 18.1 Å². The van der Waals surface area contributed by atoms with Crippen LogP contribution >= 0.6 is 11.8 Å². The topological polar surface area (TPSA) is 59.7 Å². The van der Waals surface area contributed by atoms with Crippen molar-refractivity contribution in [3.63, 3.8) is 0 Å². The lowest BCUT2D eigenvalue weighted by molar-refractivity contribution is -0.140. The Kier molecular flexibility index (Phi) is 4.12. The molecule has 2 aromatic heterocycles. The quantitative estimate of drug-likeness (QED) is 0.804. The number of carbonyl (C=O) groups is 1. The summed E-state index contributed by atoms with van der Waals surface area (Å²) in [5.74, 6) is 0.490. The summed E-state index contributed by atoms with van der Waals surface area (Å²) in [6, 6.07) is 5.73. The van der Waals surface area contributed by atoms with Crippen LogP contribution in [0.2, 0.25) is 0 Å². The Hall–Kier alpha value is -1.60. The fraction of sp³-hybridized carbons (Fsp3) is 0.500. The van der Waals surface area contributed by atoms with Gasteiger partial charge >= 0.3 is 0 Å². The summed E-state index contributed by atoms with van der Waals surface area (Å²) in [5.41, 5.74) is 0.793. The van der Waals surface area contributed by atoms with Crippen LogP contribution in [0, 0.1) is 0 Å². The zero-order valence-corrected chi connectivity index (χ0v) is 12.9. The lowest BCUT2D eigenvalue weighted by atomic mass is 10.2. The fourth-order valence-electron chi connectivity index (χ4n) is 2.52. The molecule has 2 unspecified atom stereocenters. The second-order valence-corrected chi connectivity index (χ2v) is 6.20. The molecule has 1 saturated heterocycles. The second kappa shape index (κ2) is 6.03.